The van der Waals surface area contributed by atoms with Crippen molar-refractivity contribution in [3.63, 3.8) is 0 Å². The predicted octanol–water partition coefficient (Wildman–Crippen LogP) is 5.60. The van der Waals surface area contributed by atoms with Gasteiger partial charge < -0.3 is 5.32 Å². The minimum Gasteiger partial charge on any atom is -0.347 e. The summed E-state index contributed by atoms with van der Waals surface area (Å²) >= 11 is 0. The molecule has 1 heterocycles. The molecule has 2 aromatic carbocycles. The topological polar surface area (TPSA) is 42.0 Å². The van der Waals surface area contributed by atoms with Crippen LogP contribution in [0.15, 0.2) is 60.7 Å². The second kappa shape index (κ2) is 6.41. The van der Waals surface area contributed by atoms with Crippen molar-refractivity contribution in [1.29, 1.82) is 0 Å². The number of aromatic nitrogens is 1. The summed E-state index contributed by atoms with van der Waals surface area (Å²) in [5.74, 6) is 2.52. The first-order valence-corrected chi connectivity index (χ1v) is 11.0. The van der Waals surface area contributed by atoms with Gasteiger partial charge in [0, 0.05) is 16.5 Å². The molecule has 1 aromatic heterocycles. The zero-order chi connectivity index (χ0) is 19.4. The minimum atomic E-state index is 0.0170. The smallest absolute Gasteiger partial charge is 0.252 e. The van der Waals surface area contributed by atoms with Crippen LogP contribution in [0.4, 0.5) is 0 Å². The average molecular weight is 383 g/mol. The summed E-state index contributed by atoms with van der Waals surface area (Å²) in [7, 11) is 0. The van der Waals surface area contributed by atoms with Crippen LogP contribution in [0.3, 0.4) is 0 Å². The number of para-hydroxylation sites is 1. The average Bonchev–Trinajstić information content (AvgIpc) is 2.72. The number of nitrogens with one attached hydrogen (secondary N) is 1. The molecule has 29 heavy (non-hydrogen) atoms. The van der Waals surface area contributed by atoms with Crippen LogP contribution >= 0.6 is 0 Å². The van der Waals surface area contributed by atoms with Crippen molar-refractivity contribution in [2.24, 2.45) is 17.8 Å². The lowest BCUT2D eigenvalue weighted by atomic mass is 9.53. The maximum atomic E-state index is 13.6. The molecule has 0 saturated heterocycles. The lowest BCUT2D eigenvalue weighted by Crippen LogP contribution is -2.59. The monoisotopic (exact) mass is 382 g/mol. The van der Waals surface area contributed by atoms with Crippen molar-refractivity contribution in [3.05, 3.63) is 66.2 Å². The highest BCUT2D eigenvalue weighted by Crippen LogP contribution is 2.55. The van der Waals surface area contributed by atoms with Gasteiger partial charge in [0.15, 0.2) is 0 Å². The van der Waals surface area contributed by atoms with Crippen LogP contribution < -0.4 is 5.32 Å². The van der Waals surface area contributed by atoms with E-state index >= 15 is 0 Å². The van der Waals surface area contributed by atoms with E-state index in [1.54, 1.807) is 0 Å². The predicted molar refractivity (Wildman–Crippen MR) is 116 cm³/mol. The van der Waals surface area contributed by atoms with Gasteiger partial charge in [0.1, 0.15) is 0 Å². The molecule has 4 bridgehead atoms. The Kier molecular flexibility index (Phi) is 3.80. The van der Waals surface area contributed by atoms with Crippen molar-refractivity contribution in [2.75, 3.05) is 0 Å². The molecular formula is C26H26N2O. The highest BCUT2D eigenvalue weighted by Gasteiger charge is 2.51. The summed E-state index contributed by atoms with van der Waals surface area (Å²) in [6.07, 6.45) is 7.64. The Morgan fingerprint density at radius 2 is 1.48 bits per heavy atom. The molecule has 0 aliphatic heterocycles. The number of carbonyl (C=O) groups is 1. The standard InChI is InChI=1S/C26H26N2O/c29-25(28-26-14-17-10-18(15-26)12-19(11-17)16-26)22-13-24(20-6-2-1-3-7-20)27-23-9-5-4-8-21(22)23/h1-9,13,17-19H,10-12,14-16H2,(H,28,29). The Morgan fingerprint density at radius 3 is 2.17 bits per heavy atom. The molecule has 3 heteroatoms. The lowest BCUT2D eigenvalue weighted by Gasteiger charge is -2.56. The van der Waals surface area contributed by atoms with E-state index in [1.165, 1.54) is 38.5 Å². The highest BCUT2D eigenvalue weighted by atomic mass is 16.1. The van der Waals surface area contributed by atoms with Crippen molar-refractivity contribution < 1.29 is 4.79 Å². The van der Waals surface area contributed by atoms with Crippen molar-refractivity contribution in [1.82, 2.24) is 10.3 Å². The van der Waals surface area contributed by atoms with Crippen molar-refractivity contribution >= 4 is 16.8 Å². The highest BCUT2D eigenvalue weighted by molar-refractivity contribution is 6.07. The molecule has 0 radical (unpaired) electrons. The number of amides is 1. The van der Waals surface area contributed by atoms with Gasteiger partial charge in [-0.25, -0.2) is 4.98 Å². The summed E-state index contributed by atoms with van der Waals surface area (Å²) in [4.78, 5) is 18.4. The molecule has 1 amide bonds. The third kappa shape index (κ3) is 2.95. The van der Waals surface area contributed by atoms with Crippen LogP contribution in [0.1, 0.15) is 48.9 Å². The number of rotatable bonds is 3. The van der Waals surface area contributed by atoms with Crippen LogP contribution in [-0.4, -0.2) is 16.4 Å². The molecule has 4 aliphatic rings. The van der Waals surface area contributed by atoms with Crippen molar-refractivity contribution in [2.45, 2.75) is 44.1 Å². The van der Waals surface area contributed by atoms with Crippen LogP contribution in [0.25, 0.3) is 22.2 Å². The van der Waals surface area contributed by atoms with Gasteiger partial charge in [-0.05, 0) is 68.4 Å². The summed E-state index contributed by atoms with van der Waals surface area (Å²) in [6.45, 7) is 0. The molecular weight excluding hydrogens is 356 g/mol. The van der Waals surface area contributed by atoms with Gasteiger partial charge in [-0.15, -0.1) is 0 Å². The molecule has 3 nitrogen and oxygen atoms in total. The van der Waals surface area contributed by atoms with Gasteiger partial charge >= 0.3 is 0 Å². The molecule has 4 aliphatic carbocycles. The van der Waals surface area contributed by atoms with Gasteiger partial charge in [-0.3, -0.25) is 4.79 Å². The third-order valence-corrected chi connectivity index (χ3v) is 7.45. The van der Waals surface area contributed by atoms with Crippen LogP contribution in [0.5, 0.6) is 0 Å². The van der Waals surface area contributed by atoms with Gasteiger partial charge in [0.05, 0.1) is 16.8 Å². The molecule has 1 N–H and O–H groups in total. The first kappa shape index (κ1) is 17.2. The normalized spacial score (nSPS) is 29.9. The first-order chi connectivity index (χ1) is 14.2. The third-order valence-electron chi connectivity index (χ3n) is 7.45. The molecule has 4 saturated carbocycles. The largest absolute Gasteiger partial charge is 0.347 e. The summed E-state index contributed by atoms with van der Waals surface area (Å²) < 4.78 is 0. The fourth-order valence-corrected chi connectivity index (χ4v) is 6.69. The van der Waals surface area contributed by atoms with E-state index in [-0.39, 0.29) is 11.4 Å². The maximum Gasteiger partial charge on any atom is 0.252 e. The number of hydrogen-bond donors (Lipinski definition) is 1. The van der Waals surface area contributed by atoms with E-state index in [9.17, 15) is 4.79 Å². The van der Waals surface area contributed by atoms with E-state index in [4.69, 9.17) is 4.98 Å². The maximum absolute atomic E-state index is 13.6. The Hall–Kier alpha value is -2.68. The van der Waals surface area contributed by atoms with Gasteiger partial charge in [0.25, 0.3) is 5.91 Å². The van der Waals surface area contributed by atoms with E-state index in [0.29, 0.717) is 0 Å². The Labute approximate surface area is 171 Å². The second-order valence-electron chi connectivity index (χ2n) is 9.59. The van der Waals surface area contributed by atoms with Crippen LogP contribution in [0, 0.1) is 17.8 Å². The van der Waals surface area contributed by atoms with Gasteiger partial charge in [-0.2, -0.15) is 0 Å². The number of nitrogens with zero attached hydrogens (tertiary/aromatic N) is 1. The fourth-order valence-electron chi connectivity index (χ4n) is 6.69. The zero-order valence-corrected chi connectivity index (χ0v) is 16.6. The zero-order valence-electron chi connectivity index (χ0n) is 16.6. The fraction of sp³-hybridized carbons (Fsp3) is 0.385. The number of benzene rings is 2. The molecule has 0 spiro atoms. The summed E-state index contributed by atoms with van der Waals surface area (Å²) in [5.41, 5.74) is 3.56. The van der Waals surface area contributed by atoms with E-state index in [1.807, 2.05) is 48.5 Å². The number of fused-ring (bicyclic) bond motifs is 1. The second-order valence-corrected chi connectivity index (χ2v) is 9.59. The van der Waals surface area contributed by atoms with Gasteiger partial charge in [-0.1, -0.05) is 48.5 Å². The SMILES string of the molecule is O=C(NC12CC3CC(CC(C3)C1)C2)c1cc(-c2ccccc2)nc2ccccc12. The Bertz CT molecular complexity index is 1050. The van der Waals surface area contributed by atoms with Crippen molar-refractivity contribution in [3.8, 4) is 11.3 Å². The lowest BCUT2D eigenvalue weighted by molar-refractivity contribution is -0.0166. The van der Waals surface area contributed by atoms with E-state index in [2.05, 4.69) is 17.4 Å². The molecule has 0 atom stereocenters. The molecule has 7 rings (SSSR count). The first-order valence-electron chi connectivity index (χ1n) is 11.0. The van der Waals surface area contributed by atoms with E-state index in [0.717, 1.165) is 45.5 Å². The number of carbonyl (C=O) groups excluding carboxylic acids is 1. The molecule has 146 valence electrons. The summed E-state index contributed by atoms with van der Waals surface area (Å²) in [5, 5.41) is 4.48. The number of hydrogen-bond acceptors (Lipinski definition) is 2. The molecule has 3 aromatic rings. The Morgan fingerprint density at radius 1 is 0.862 bits per heavy atom. The van der Waals surface area contributed by atoms with Gasteiger partial charge in [0.2, 0.25) is 0 Å². The van der Waals surface area contributed by atoms with Crippen LogP contribution in [0.2, 0.25) is 0 Å². The molecule has 4 fully saturated rings. The quantitative estimate of drug-likeness (QED) is 0.640. The van der Waals surface area contributed by atoms with E-state index < -0.39 is 0 Å². The summed E-state index contributed by atoms with van der Waals surface area (Å²) in [6, 6.07) is 20.1. The van der Waals surface area contributed by atoms with Crippen LogP contribution in [-0.2, 0) is 0 Å². The minimum absolute atomic E-state index is 0.0170. The Balaban J connectivity index is 1.40. The molecule has 0 unspecified atom stereocenters. The number of pyridine rings is 1.